The van der Waals surface area contributed by atoms with Crippen molar-refractivity contribution in [2.75, 3.05) is 6.54 Å². The zero-order valence-corrected chi connectivity index (χ0v) is 7.67. The summed E-state index contributed by atoms with van der Waals surface area (Å²) in [4.78, 5) is 21.7. The first-order valence-corrected chi connectivity index (χ1v) is 4.45. The molecule has 1 aliphatic rings. The minimum Gasteiger partial charge on any atom is -0.368 e. The van der Waals surface area contributed by atoms with Crippen LogP contribution in [0, 0.1) is 0 Å². The maximum absolute atomic E-state index is 11.0. The number of nitrogens with two attached hydrogens (primary N) is 1. The highest BCUT2D eigenvalue weighted by Crippen LogP contribution is 2.05. The minimum absolute atomic E-state index is 0.0110. The van der Waals surface area contributed by atoms with Gasteiger partial charge in [-0.25, -0.2) is 0 Å². The Bertz CT molecular complexity index is 217. The molecule has 4 N–H and O–H groups in total. The molecule has 1 fully saturated rings. The molecule has 5 heteroatoms. The van der Waals surface area contributed by atoms with Crippen LogP contribution in [0.5, 0.6) is 0 Å². The van der Waals surface area contributed by atoms with Crippen LogP contribution < -0.4 is 16.4 Å². The molecule has 2 atom stereocenters. The van der Waals surface area contributed by atoms with Gasteiger partial charge in [0.25, 0.3) is 0 Å². The van der Waals surface area contributed by atoms with Crippen molar-refractivity contribution >= 4 is 11.8 Å². The Balaban J connectivity index is 2.33. The van der Waals surface area contributed by atoms with Gasteiger partial charge in [-0.3, -0.25) is 9.59 Å². The fraction of sp³-hybridized carbons (Fsp3) is 0.750. The maximum atomic E-state index is 11.0. The lowest BCUT2D eigenvalue weighted by atomic mass is 10.1. The van der Waals surface area contributed by atoms with E-state index in [4.69, 9.17) is 5.73 Å². The molecular formula is C8H15N3O2. The molecule has 0 radical (unpaired) electrons. The second kappa shape index (κ2) is 4.23. The summed E-state index contributed by atoms with van der Waals surface area (Å²) in [6.07, 6.45) is 1.07. The summed E-state index contributed by atoms with van der Waals surface area (Å²) in [6.45, 7) is 2.42. The predicted molar refractivity (Wildman–Crippen MR) is 47.8 cm³/mol. The normalized spacial score (nSPS) is 27.2. The van der Waals surface area contributed by atoms with Crippen LogP contribution in [0.2, 0.25) is 0 Å². The summed E-state index contributed by atoms with van der Waals surface area (Å²) in [5.41, 5.74) is 5.11. The first-order valence-electron chi connectivity index (χ1n) is 4.45. The molecule has 5 nitrogen and oxygen atoms in total. The molecule has 0 aliphatic carbocycles. The van der Waals surface area contributed by atoms with Crippen molar-refractivity contribution in [1.29, 1.82) is 0 Å². The smallest absolute Gasteiger partial charge is 0.234 e. The average molecular weight is 185 g/mol. The lowest BCUT2D eigenvalue weighted by molar-refractivity contribution is -0.122. The van der Waals surface area contributed by atoms with E-state index >= 15 is 0 Å². The molecule has 0 aromatic carbocycles. The van der Waals surface area contributed by atoms with E-state index in [1.54, 1.807) is 6.92 Å². The molecule has 1 saturated heterocycles. The molecule has 0 unspecified atom stereocenters. The molecular weight excluding hydrogens is 170 g/mol. The van der Waals surface area contributed by atoms with Gasteiger partial charge in [0.2, 0.25) is 11.8 Å². The molecule has 0 spiro atoms. The van der Waals surface area contributed by atoms with Crippen molar-refractivity contribution in [3.63, 3.8) is 0 Å². The summed E-state index contributed by atoms with van der Waals surface area (Å²) in [5.74, 6) is -0.342. The Morgan fingerprint density at radius 2 is 2.31 bits per heavy atom. The molecule has 0 bridgehead atoms. The van der Waals surface area contributed by atoms with E-state index in [-0.39, 0.29) is 23.9 Å². The van der Waals surface area contributed by atoms with Crippen LogP contribution in [0.1, 0.15) is 19.8 Å². The first kappa shape index (κ1) is 9.98. The lowest BCUT2D eigenvalue weighted by Gasteiger charge is -2.09. The van der Waals surface area contributed by atoms with E-state index in [1.807, 2.05) is 0 Å². The zero-order chi connectivity index (χ0) is 9.84. The van der Waals surface area contributed by atoms with Gasteiger partial charge in [-0.05, 0) is 6.42 Å². The number of carbonyl (C=O) groups excluding carboxylic acids is 2. The van der Waals surface area contributed by atoms with Crippen LogP contribution in [0.15, 0.2) is 0 Å². The highest BCUT2D eigenvalue weighted by Gasteiger charge is 2.28. The molecule has 0 saturated carbocycles. The summed E-state index contributed by atoms with van der Waals surface area (Å²) in [5, 5.41) is 5.75. The highest BCUT2D eigenvalue weighted by molar-refractivity contribution is 5.81. The number of nitrogens with one attached hydrogen (secondary N) is 2. The monoisotopic (exact) mass is 185 g/mol. The molecule has 0 aromatic heterocycles. The number of hydrogen-bond acceptors (Lipinski definition) is 3. The molecule has 13 heavy (non-hydrogen) atoms. The van der Waals surface area contributed by atoms with Crippen LogP contribution in [-0.4, -0.2) is 30.4 Å². The van der Waals surface area contributed by atoms with E-state index in [1.165, 1.54) is 0 Å². The topological polar surface area (TPSA) is 84.2 Å². The summed E-state index contributed by atoms with van der Waals surface area (Å²) >= 11 is 0. The molecule has 1 aliphatic heterocycles. The molecule has 0 aromatic rings. The number of rotatable bonds is 3. The van der Waals surface area contributed by atoms with Gasteiger partial charge < -0.3 is 16.4 Å². The van der Waals surface area contributed by atoms with Gasteiger partial charge in [-0.1, -0.05) is 6.92 Å². The van der Waals surface area contributed by atoms with Gasteiger partial charge in [0.1, 0.15) is 0 Å². The Hall–Kier alpha value is -1.10. The SMILES string of the molecule is CCC(=O)N[C@@H]1CN[C@H](C(N)=O)C1. The Kier molecular flexibility index (Phi) is 3.25. The van der Waals surface area contributed by atoms with Crippen molar-refractivity contribution in [3.8, 4) is 0 Å². The Labute approximate surface area is 77.1 Å². The van der Waals surface area contributed by atoms with Crippen molar-refractivity contribution in [3.05, 3.63) is 0 Å². The largest absolute Gasteiger partial charge is 0.368 e. The number of primary amides is 1. The van der Waals surface area contributed by atoms with Gasteiger partial charge in [0.15, 0.2) is 0 Å². The number of amides is 2. The van der Waals surface area contributed by atoms with Crippen LogP contribution >= 0.6 is 0 Å². The summed E-state index contributed by atoms with van der Waals surface area (Å²) in [7, 11) is 0. The van der Waals surface area contributed by atoms with Crippen molar-refractivity contribution in [2.45, 2.75) is 31.8 Å². The van der Waals surface area contributed by atoms with E-state index in [9.17, 15) is 9.59 Å². The van der Waals surface area contributed by atoms with Gasteiger partial charge in [0, 0.05) is 19.0 Å². The van der Waals surface area contributed by atoms with E-state index in [0.29, 0.717) is 19.4 Å². The quantitative estimate of drug-likeness (QED) is 0.512. The van der Waals surface area contributed by atoms with Gasteiger partial charge in [0.05, 0.1) is 6.04 Å². The highest BCUT2D eigenvalue weighted by atomic mass is 16.2. The second-order valence-electron chi connectivity index (χ2n) is 3.22. The standard InChI is InChI=1S/C8H15N3O2/c1-2-7(12)11-5-3-6(8(9)13)10-4-5/h5-6,10H,2-4H2,1H3,(H2,9,13)(H,11,12)/t5-,6-/m0/s1. The van der Waals surface area contributed by atoms with Gasteiger partial charge in [-0.15, -0.1) is 0 Å². The lowest BCUT2D eigenvalue weighted by Crippen LogP contribution is -2.36. The van der Waals surface area contributed by atoms with Crippen molar-refractivity contribution in [2.24, 2.45) is 5.73 Å². The van der Waals surface area contributed by atoms with Crippen LogP contribution in [-0.2, 0) is 9.59 Å². The molecule has 74 valence electrons. The van der Waals surface area contributed by atoms with Crippen LogP contribution in [0.3, 0.4) is 0 Å². The second-order valence-corrected chi connectivity index (χ2v) is 3.22. The zero-order valence-electron chi connectivity index (χ0n) is 7.67. The van der Waals surface area contributed by atoms with Crippen molar-refractivity contribution < 1.29 is 9.59 Å². The molecule has 1 rings (SSSR count). The fourth-order valence-corrected chi connectivity index (χ4v) is 1.39. The Morgan fingerprint density at radius 3 is 2.77 bits per heavy atom. The van der Waals surface area contributed by atoms with Crippen LogP contribution in [0.4, 0.5) is 0 Å². The summed E-state index contributed by atoms with van der Waals surface area (Å²) in [6, 6.07) is -0.243. The third kappa shape index (κ3) is 2.69. The minimum atomic E-state index is -0.353. The third-order valence-electron chi connectivity index (χ3n) is 2.16. The van der Waals surface area contributed by atoms with E-state index < -0.39 is 0 Å². The van der Waals surface area contributed by atoms with E-state index in [2.05, 4.69) is 10.6 Å². The van der Waals surface area contributed by atoms with E-state index in [0.717, 1.165) is 0 Å². The Morgan fingerprint density at radius 1 is 1.62 bits per heavy atom. The number of carbonyl (C=O) groups is 2. The third-order valence-corrected chi connectivity index (χ3v) is 2.16. The number of hydrogen-bond donors (Lipinski definition) is 3. The van der Waals surface area contributed by atoms with Crippen LogP contribution in [0.25, 0.3) is 0 Å². The maximum Gasteiger partial charge on any atom is 0.234 e. The molecule has 1 heterocycles. The first-order chi connectivity index (χ1) is 6.13. The van der Waals surface area contributed by atoms with Gasteiger partial charge in [-0.2, -0.15) is 0 Å². The predicted octanol–water partition coefficient (Wildman–Crippen LogP) is -1.27. The summed E-state index contributed by atoms with van der Waals surface area (Å²) < 4.78 is 0. The fourth-order valence-electron chi connectivity index (χ4n) is 1.39. The van der Waals surface area contributed by atoms with Gasteiger partial charge >= 0.3 is 0 Å². The molecule has 2 amide bonds. The van der Waals surface area contributed by atoms with Crippen molar-refractivity contribution in [1.82, 2.24) is 10.6 Å². The average Bonchev–Trinajstić information content (AvgIpc) is 2.52.